The van der Waals surface area contributed by atoms with E-state index in [1.807, 2.05) is 18.2 Å². The summed E-state index contributed by atoms with van der Waals surface area (Å²) in [7, 11) is -2.24. The predicted octanol–water partition coefficient (Wildman–Crippen LogP) is 7.30. The van der Waals surface area contributed by atoms with Gasteiger partial charge < -0.3 is 4.18 Å². The van der Waals surface area contributed by atoms with Gasteiger partial charge in [0.2, 0.25) is 0 Å². The van der Waals surface area contributed by atoms with Gasteiger partial charge in [-0.05, 0) is 86.2 Å². The Labute approximate surface area is 176 Å². The number of carbonyl (C=O) groups is 1. The molecule has 0 spiro atoms. The van der Waals surface area contributed by atoms with Crippen LogP contribution in [0.2, 0.25) is 0 Å². The van der Waals surface area contributed by atoms with Crippen LogP contribution in [0.1, 0.15) is 40.3 Å². The first kappa shape index (κ1) is 21.2. The van der Waals surface area contributed by atoms with E-state index in [4.69, 9.17) is 4.18 Å². The molecule has 0 bridgehead atoms. The van der Waals surface area contributed by atoms with E-state index < -0.39 is 10.3 Å². The van der Waals surface area contributed by atoms with E-state index in [0.717, 1.165) is 36.9 Å². The van der Waals surface area contributed by atoms with Crippen LogP contribution in [-0.4, -0.2) is 5.97 Å². The molecule has 0 aliphatic rings. The van der Waals surface area contributed by atoms with E-state index in [1.54, 1.807) is 0 Å². The molecule has 0 unspecified atom stereocenters. The summed E-state index contributed by atoms with van der Waals surface area (Å²) in [5.41, 5.74) is 7.04. The Morgan fingerprint density at radius 1 is 0.690 bits per heavy atom. The van der Waals surface area contributed by atoms with Crippen molar-refractivity contribution in [3.63, 3.8) is 0 Å². The van der Waals surface area contributed by atoms with Gasteiger partial charge in [0.05, 0.1) is 0 Å². The summed E-state index contributed by atoms with van der Waals surface area (Å²) in [5.74, 6) is -0.261. The number of carbonyl (C=O) groups excluding carboxylic acids is 1. The van der Waals surface area contributed by atoms with Crippen LogP contribution in [-0.2, 0) is 8.98 Å². The number of hydrogen-bond donors (Lipinski definition) is 0. The number of rotatable bonds is 4. The molecular weight excluding hydrogens is 376 g/mol. The summed E-state index contributed by atoms with van der Waals surface area (Å²) >= 11 is 0. The number of aryl methyl sites for hydroxylation is 6. The van der Waals surface area contributed by atoms with Crippen molar-refractivity contribution < 1.29 is 8.98 Å². The summed E-state index contributed by atoms with van der Waals surface area (Å²) in [6.07, 6.45) is 0. The van der Waals surface area contributed by atoms with E-state index in [2.05, 4.69) is 77.9 Å². The maximum absolute atomic E-state index is 12.6. The van der Waals surface area contributed by atoms with Gasteiger partial charge in [-0.2, -0.15) is 0 Å². The van der Waals surface area contributed by atoms with Crippen LogP contribution in [0.3, 0.4) is 0 Å². The SMILES string of the molecule is CC(=O)OS(c1ccccc1)(c1c(C)cc(C)cc1C)c1c(C)cc(C)cc1C. The number of hydrogen-bond acceptors (Lipinski definition) is 2. The van der Waals surface area contributed by atoms with Crippen LogP contribution >= 0.6 is 10.3 Å². The second-order valence-corrected chi connectivity index (χ2v) is 10.5. The zero-order valence-corrected chi connectivity index (χ0v) is 19.2. The lowest BCUT2D eigenvalue weighted by molar-refractivity contribution is -0.131. The molecule has 0 radical (unpaired) electrons. The lowest BCUT2D eigenvalue weighted by Gasteiger charge is -2.43. The highest BCUT2D eigenvalue weighted by Crippen LogP contribution is 2.72. The summed E-state index contributed by atoms with van der Waals surface area (Å²) < 4.78 is 6.44. The topological polar surface area (TPSA) is 26.3 Å². The third-order valence-corrected chi connectivity index (χ3v) is 8.96. The fourth-order valence-corrected chi connectivity index (χ4v) is 8.38. The van der Waals surface area contributed by atoms with E-state index in [9.17, 15) is 4.79 Å². The molecule has 3 heteroatoms. The van der Waals surface area contributed by atoms with Gasteiger partial charge in [-0.1, -0.05) is 53.6 Å². The van der Waals surface area contributed by atoms with Crippen molar-refractivity contribution in [1.29, 1.82) is 0 Å². The van der Waals surface area contributed by atoms with Crippen LogP contribution in [0.5, 0.6) is 0 Å². The average Bonchev–Trinajstić information content (AvgIpc) is 2.59. The van der Waals surface area contributed by atoms with Gasteiger partial charge in [0.1, 0.15) is 0 Å². The van der Waals surface area contributed by atoms with Gasteiger partial charge in [0, 0.05) is 21.6 Å². The first-order chi connectivity index (χ1) is 13.7. The maximum Gasteiger partial charge on any atom is 0.313 e. The molecule has 0 aliphatic heterocycles. The molecule has 3 aromatic carbocycles. The van der Waals surface area contributed by atoms with E-state index in [-0.39, 0.29) is 5.97 Å². The first-order valence-corrected chi connectivity index (χ1v) is 11.5. The zero-order valence-electron chi connectivity index (χ0n) is 18.4. The maximum atomic E-state index is 12.6. The molecule has 0 saturated heterocycles. The fourth-order valence-electron chi connectivity index (χ4n) is 4.50. The normalized spacial score (nSPS) is 12.0. The standard InChI is InChI=1S/C26H30O2S/c1-17-13-19(3)25(20(4)14-17)29(28-23(7)27,24-11-9-8-10-12-24)26-21(5)15-18(2)16-22(26)6/h8-16H,1-7H3. The summed E-state index contributed by atoms with van der Waals surface area (Å²) in [6, 6.07) is 19.0. The molecule has 0 aromatic heterocycles. The summed E-state index contributed by atoms with van der Waals surface area (Å²) in [6.45, 7) is 14.2. The Bertz CT molecular complexity index is 964. The fraction of sp³-hybridized carbons (Fsp3) is 0.269. The molecule has 2 nitrogen and oxygen atoms in total. The minimum atomic E-state index is -2.24. The molecule has 0 amide bonds. The van der Waals surface area contributed by atoms with E-state index >= 15 is 0 Å². The van der Waals surface area contributed by atoms with Gasteiger partial charge >= 0.3 is 5.97 Å². The lowest BCUT2D eigenvalue weighted by Crippen LogP contribution is -2.16. The lowest BCUT2D eigenvalue weighted by atomic mass is 10.1. The van der Waals surface area contributed by atoms with Gasteiger partial charge in [-0.15, -0.1) is 0 Å². The summed E-state index contributed by atoms with van der Waals surface area (Å²) in [4.78, 5) is 15.8. The molecule has 0 heterocycles. The van der Waals surface area contributed by atoms with E-state index in [1.165, 1.54) is 18.1 Å². The molecule has 3 aromatic rings. The Balaban J connectivity index is 2.56. The molecule has 0 atom stereocenters. The average molecular weight is 407 g/mol. The largest absolute Gasteiger partial charge is 0.402 e. The molecule has 0 saturated carbocycles. The quantitative estimate of drug-likeness (QED) is 0.454. The van der Waals surface area contributed by atoms with Gasteiger partial charge in [-0.25, -0.2) is 0 Å². The van der Waals surface area contributed by atoms with Crippen molar-refractivity contribution in [3.8, 4) is 0 Å². The Kier molecular flexibility index (Phi) is 5.90. The Morgan fingerprint density at radius 2 is 1.07 bits per heavy atom. The minimum Gasteiger partial charge on any atom is -0.402 e. The van der Waals surface area contributed by atoms with Gasteiger partial charge in [0.15, 0.2) is 0 Å². The molecule has 152 valence electrons. The molecule has 0 fully saturated rings. The molecular formula is C26H30O2S. The third-order valence-electron chi connectivity index (χ3n) is 5.10. The first-order valence-electron chi connectivity index (χ1n) is 9.91. The molecule has 29 heavy (non-hydrogen) atoms. The highest BCUT2D eigenvalue weighted by molar-refractivity contribution is 8.30. The zero-order chi connectivity index (χ0) is 21.3. The summed E-state index contributed by atoms with van der Waals surface area (Å²) in [5, 5.41) is 0. The highest BCUT2D eigenvalue weighted by atomic mass is 32.3. The second kappa shape index (κ2) is 8.08. The molecule has 0 N–H and O–H groups in total. The van der Waals surface area contributed by atoms with E-state index in [0.29, 0.717) is 0 Å². The van der Waals surface area contributed by atoms with Crippen molar-refractivity contribution in [3.05, 3.63) is 88.0 Å². The van der Waals surface area contributed by atoms with Crippen molar-refractivity contribution in [2.75, 3.05) is 0 Å². The van der Waals surface area contributed by atoms with Crippen molar-refractivity contribution in [1.82, 2.24) is 0 Å². The van der Waals surface area contributed by atoms with Crippen molar-refractivity contribution >= 4 is 16.3 Å². The van der Waals surface area contributed by atoms with Gasteiger partial charge in [-0.3, -0.25) is 4.79 Å². The highest BCUT2D eigenvalue weighted by Gasteiger charge is 2.39. The third kappa shape index (κ3) is 3.84. The Morgan fingerprint density at radius 3 is 1.41 bits per heavy atom. The smallest absolute Gasteiger partial charge is 0.313 e. The van der Waals surface area contributed by atoms with Crippen LogP contribution < -0.4 is 0 Å². The second-order valence-electron chi connectivity index (χ2n) is 7.90. The number of benzene rings is 3. The van der Waals surface area contributed by atoms with Crippen LogP contribution in [0.25, 0.3) is 0 Å². The molecule has 3 rings (SSSR count). The van der Waals surface area contributed by atoms with Crippen molar-refractivity contribution in [2.24, 2.45) is 0 Å². The molecule has 0 aliphatic carbocycles. The monoisotopic (exact) mass is 406 g/mol. The van der Waals surface area contributed by atoms with Crippen LogP contribution in [0, 0.1) is 41.5 Å². The predicted molar refractivity (Wildman–Crippen MR) is 122 cm³/mol. The Hall–Kier alpha value is -2.52. The van der Waals surface area contributed by atoms with Gasteiger partial charge in [0.25, 0.3) is 0 Å². The minimum absolute atomic E-state index is 0.261. The van der Waals surface area contributed by atoms with Crippen LogP contribution in [0.15, 0.2) is 69.3 Å². The van der Waals surface area contributed by atoms with Crippen LogP contribution in [0.4, 0.5) is 0 Å². The van der Waals surface area contributed by atoms with Crippen molar-refractivity contribution in [2.45, 2.75) is 63.2 Å².